The Balaban J connectivity index is 1.87. The zero-order valence-corrected chi connectivity index (χ0v) is 14.9. The summed E-state index contributed by atoms with van der Waals surface area (Å²) >= 11 is 0. The van der Waals surface area contributed by atoms with E-state index in [0.717, 1.165) is 5.56 Å². The van der Waals surface area contributed by atoms with E-state index in [2.05, 4.69) is 13.8 Å². The first-order valence-corrected chi connectivity index (χ1v) is 8.71. The molecule has 3 nitrogen and oxygen atoms in total. The highest BCUT2D eigenvalue weighted by atomic mass is 19.1. The predicted molar refractivity (Wildman–Crippen MR) is 95.9 cm³/mol. The van der Waals surface area contributed by atoms with Crippen LogP contribution in [0.5, 0.6) is 0 Å². The standard InChI is InChI=1S/C21H24FNO2/c1-14(2)19-12-23(13-20(25-19)16-7-5-4-6-8-16)21(24)18-10-9-17(22)11-15(18)3/h4-11,14,19-20H,12-13H2,1-3H3/t19-,20+/m1/s1. The fourth-order valence-corrected chi connectivity index (χ4v) is 3.21. The van der Waals surface area contributed by atoms with Gasteiger partial charge < -0.3 is 9.64 Å². The molecule has 1 saturated heterocycles. The van der Waals surface area contributed by atoms with Crippen molar-refractivity contribution in [3.8, 4) is 0 Å². The predicted octanol–water partition coefficient (Wildman–Crippen LogP) is 4.37. The lowest BCUT2D eigenvalue weighted by molar-refractivity contribution is -0.0954. The van der Waals surface area contributed by atoms with Gasteiger partial charge in [-0.2, -0.15) is 0 Å². The van der Waals surface area contributed by atoms with Crippen molar-refractivity contribution in [3.05, 3.63) is 71.0 Å². The maximum Gasteiger partial charge on any atom is 0.254 e. The smallest absolute Gasteiger partial charge is 0.254 e. The van der Waals surface area contributed by atoms with Gasteiger partial charge in [0, 0.05) is 12.1 Å². The number of morpholine rings is 1. The highest BCUT2D eigenvalue weighted by Gasteiger charge is 2.33. The molecule has 2 atom stereocenters. The third-order valence-electron chi connectivity index (χ3n) is 4.75. The van der Waals surface area contributed by atoms with Crippen molar-refractivity contribution in [3.63, 3.8) is 0 Å². The molecule has 0 aliphatic carbocycles. The van der Waals surface area contributed by atoms with E-state index in [4.69, 9.17) is 4.74 Å². The molecule has 1 aliphatic heterocycles. The summed E-state index contributed by atoms with van der Waals surface area (Å²) in [6.45, 7) is 7.03. The van der Waals surface area contributed by atoms with Gasteiger partial charge in [0.25, 0.3) is 5.91 Å². The van der Waals surface area contributed by atoms with Crippen LogP contribution in [0, 0.1) is 18.7 Å². The fraction of sp³-hybridized carbons (Fsp3) is 0.381. The number of amides is 1. The van der Waals surface area contributed by atoms with Gasteiger partial charge in [0.05, 0.1) is 12.6 Å². The summed E-state index contributed by atoms with van der Waals surface area (Å²) in [6.07, 6.45) is -0.171. The number of halogens is 1. The van der Waals surface area contributed by atoms with Crippen LogP contribution in [0.3, 0.4) is 0 Å². The molecule has 0 N–H and O–H groups in total. The minimum atomic E-state index is -0.321. The van der Waals surface area contributed by atoms with Crippen LogP contribution < -0.4 is 0 Å². The molecule has 2 aromatic rings. The van der Waals surface area contributed by atoms with Gasteiger partial charge in [-0.25, -0.2) is 4.39 Å². The Hall–Kier alpha value is -2.20. The molecule has 0 radical (unpaired) electrons. The number of benzene rings is 2. The molecule has 2 aromatic carbocycles. The summed E-state index contributed by atoms with van der Waals surface area (Å²) in [5.41, 5.74) is 2.29. The second-order valence-corrected chi connectivity index (χ2v) is 6.99. The molecule has 0 aromatic heterocycles. The first kappa shape index (κ1) is 17.6. The number of aryl methyl sites for hydroxylation is 1. The van der Waals surface area contributed by atoms with Crippen LogP contribution in [-0.2, 0) is 4.74 Å². The summed E-state index contributed by atoms with van der Waals surface area (Å²) < 4.78 is 19.6. The Labute approximate surface area is 148 Å². The SMILES string of the molecule is Cc1cc(F)ccc1C(=O)N1C[C@@H](c2ccccc2)O[C@@H](C(C)C)C1. The van der Waals surface area contributed by atoms with Crippen LogP contribution in [0.4, 0.5) is 4.39 Å². The molecule has 0 saturated carbocycles. The van der Waals surface area contributed by atoms with E-state index in [1.807, 2.05) is 35.2 Å². The zero-order valence-electron chi connectivity index (χ0n) is 14.9. The monoisotopic (exact) mass is 341 g/mol. The maximum absolute atomic E-state index is 13.4. The minimum Gasteiger partial charge on any atom is -0.366 e. The van der Waals surface area contributed by atoms with Crippen LogP contribution in [0.15, 0.2) is 48.5 Å². The first-order chi connectivity index (χ1) is 12.0. The largest absolute Gasteiger partial charge is 0.366 e. The van der Waals surface area contributed by atoms with Crippen LogP contribution in [0.25, 0.3) is 0 Å². The van der Waals surface area contributed by atoms with Crippen molar-refractivity contribution in [1.82, 2.24) is 4.90 Å². The fourth-order valence-electron chi connectivity index (χ4n) is 3.21. The van der Waals surface area contributed by atoms with Crippen LogP contribution in [0.1, 0.15) is 41.4 Å². The van der Waals surface area contributed by atoms with E-state index in [1.165, 1.54) is 12.1 Å². The molecule has 1 amide bonds. The minimum absolute atomic E-state index is 0.0244. The lowest BCUT2D eigenvalue weighted by Gasteiger charge is -2.40. The third kappa shape index (κ3) is 3.90. The first-order valence-electron chi connectivity index (χ1n) is 8.71. The van der Waals surface area contributed by atoms with Gasteiger partial charge in [-0.05, 0) is 42.2 Å². The number of nitrogens with zero attached hydrogens (tertiary/aromatic N) is 1. The zero-order chi connectivity index (χ0) is 18.0. The molecule has 1 aliphatic rings. The highest BCUT2D eigenvalue weighted by Crippen LogP contribution is 2.29. The van der Waals surface area contributed by atoms with Gasteiger partial charge in [-0.15, -0.1) is 0 Å². The molecule has 132 valence electrons. The summed E-state index contributed by atoms with van der Waals surface area (Å²) in [5, 5.41) is 0. The topological polar surface area (TPSA) is 29.5 Å². The summed E-state index contributed by atoms with van der Waals surface area (Å²) in [6, 6.07) is 14.3. The van der Waals surface area contributed by atoms with Crippen molar-refractivity contribution < 1.29 is 13.9 Å². The van der Waals surface area contributed by atoms with Gasteiger partial charge in [-0.3, -0.25) is 4.79 Å². The Bertz CT molecular complexity index is 745. The molecular weight excluding hydrogens is 317 g/mol. The van der Waals surface area contributed by atoms with Crippen molar-refractivity contribution in [2.45, 2.75) is 33.0 Å². The van der Waals surface area contributed by atoms with E-state index in [-0.39, 0.29) is 23.9 Å². The molecule has 0 bridgehead atoms. The van der Waals surface area contributed by atoms with E-state index < -0.39 is 0 Å². The molecule has 1 fully saturated rings. The maximum atomic E-state index is 13.4. The average molecular weight is 341 g/mol. The molecule has 0 unspecified atom stereocenters. The van der Waals surface area contributed by atoms with Gasteiger partial charge in [-0.1, -0.05) is 44.2 Å². The van der Waals surface area contributed by atoms with Crippen LogP contribution >= 0.6 is 0 Å². The molecule has 4 heteroatoms. The van der Waals surface area contributed by atoms with Gasteiger partial charge in [0.1, 0.15) is 11.9 Å². The van der Waals surface area contributed by atoms with Crippen molar-refractivity contribution in [1.29, 1.82) is 0 Å². The van der Waals surface area contributed by atoms with E-state index in [9.17, 15) is 9.18 Å². The summed E-state index contributed by atoms with van der Waals surface area (Å²) in [4.78, 5) is 14.9. The molecule has 1 heterocycles. The Morgan fingerprint density at radius 3 is 2.52 bits per heavy atom. The van der Waals surface area contributed by atoms with E-state index >= 15 is 0 Å². The van der Waals surface area contributed by atoms with Crippen molar-refractivity contribution in [2.75, 3.05) is 13.1 Å². The number of hydrogen-bond acceptors (Lipinski definition) is 2. The van der Waals surface area contributed by atoms with Gasteiger partial charge >= 0.3 is 0 Å². The highest BCUT2D eigenvalue weighted by molar-refractivity contribution is 5.95. The van der Waals surface area contributed by atoms with Crippen LogP contribution in [0.2, 0.25) is 0 Å². The lowest BCUT2D eigenvalue weighted by atomic mass is 9.99. The Morgan fingerprint density at radius 1 is 1.16 bits per heavy atom. The number of ether oxygens (including phenoxy) is 1. The van der Waals surface area contributed by atoms with Crippen molar-refractivity contribution in [2.24, 2.45) is 5.92 Å². The van der Waals surface area contributed by atoms with E-state index in [0.29, 0.717) is 30.1 Å². The van der Waals surface area contributed by atoms with Gasteiger partial charge in [0.15, 0.2) is 0 Å². The molecule has 0 spiro atoms. The number of carbonyl (C=O) groups excluding carboxylic acids is 1. The average Bonchev–Trinajstić information content (AvgIpc) is 2.61. The Kier molecular flexibility index (Phi) is 5.19. The second-order valence-electron chi connectivity index (χ2n) is 6.99. The van der Waals surface area contributed by atoms with Gasteiger partial charge in [0.2, 0.25) is 0 Å². The summed E-state index contributed by atoms with van der Waals surface area (Å²) in [5.74, 6) is -0.0817. The normalized spacial score (nSPS) is 20.8. The Morgan fingerprint density at radius 2 is 1.88 bits per heavy atom. The number of carbonyl (C=O) groups is 1. The molecular formula is C21H24FNO2. The molecule has 3 rings (SSSR count). The number of rotatable bonds is 3. The molecule has 25 heavy (non-hydrogen) atoms. The van der Waals surface area contributed by atoms with Crippen LogP contribution in [-0.4, -0.2) is 30.0 Å². The van der Waals surface area contributed by atoms with Crippen molar-refractivity contribution >= 4 is 5.91 Å². The lowest BCUT2D eigenvalue weighted by Crippen LogP contribution is -2.48. The number of hydrogen-bond donors (Lipinski definition) is 0. The third-order valence-corrected chi connectivity index (χ3v) is 4.75. The van der Waals surface area contributed by atoms with E-state index in [1.54, 1.807) is 13.0 Å². The quantitative estimate of drug-likeness (QED) is 0.829. The summed E-state index contributed by atoms with van der Waals surface area (Å²) in [7, 11) is 0. The second kappa shape index (κ2) is 7.36.